The highest BCUT2D eigenvalue weighted by Gasteiger charge is 2.15. The van der Waals surface area contributed by atoms with Crippen LogP contribution in [0.2, 0.25) is 0 Å². The second-order valence-corrected chi connectivity index (χ2v) is 4.05. The maximum atomic E-state index is 11.4. The first-order chi connectivity index (χ1) is 7.74. The van der Waals surface area contributed by atoms with E-state index in [-0.39, 0.29) is 6.61 Å². The number of hydrogen-bond donors (Lipinski definition) is 1. The van der Waals surface area contributed by atoms with Crippen molar-refractivity contribution in [1.82, 2.24) is 0 Å². The van der Waals surface area contributed by atoms with Gasteiger partial charge in [0.15, 0.2) is 0 Å². The molecule has 0 heterocycles. The van der Waals surface area contributed by atoms with Gasteiger partial charge in [0.1, 0.15) is 12.6 Å². The Kier molecular flexibility index (Phi) is 5.92. The van der Waals surface area contributed by atoms with Crippen LogP contribution in [0, 0.1) is 0 Å². The van der Waals surface area contributed by atoms with Gasteiger partial charge in [-0.2, -0.15) is 0 Å². The Hall–Kier alpha value is -1.04. The number of benzene rings is 1. The van der Waals surface area contributed by atoms with Crippen LogP contribution in [0.4, 0.5) is 0 Å². The van der Waals surface area contributed by atoms with Crippen LogP contribution >= 0.6 is 12.0 Å². The maximum Gasteiger partial charge on any atom is 0.324 e. The Bertz CT molecular complexity index is 318. The summed E-state index contributed by atoms with van der Waals surface area (Å²) in [4.78, 5) is 11.4. The van der Waals surface area contributed by atoms with E-state index in [0.717, 1.165) is 17.6 Å². The van der Waals surface area contributed by atoms with Crippen LogP contribution in [-0.2, 0) is 20.3 Å². The molecule has 0 saturated carbocycles. The van der Waals surface area contributed by atoms with Crippen molar-refractivity contribution < 1.29 is 13.7 Å². The second-order valence-electron chi connectivity index (χ2n) is 3.15. The minimum Gasteiger partial charge on any atom is -0.460 e. The molecule has 0 aliphatic rings. The highest BCUT2D eigenvalue weighted by atomic mass is 32.2. The standard InChI is InChI=1S/C11H15NO3S/c1-14-16-8-10(12)11(13)15-7-9-5-3-2-4-6-9/h2-6,10H,7-8,12H2,1H3/t10-/m0/s1. The van der Waals surface area contributed by atoms with Crippen LogP contribution in [0.15, 0.2) is 30.3 Å². The van der Waals surface area contributed by atoms with Gasteiger partial charge in [0, 0.05) is 5.75 Å². The number of rotatable bonds is 6. The van der Waals surface area contributed by atoms with Gasteiger partial charge >= 0.3 is 5.97 Å². The molecule has 5 heteroatoms. The number of nitrogens with two attached hydrogens (primary N) is 1. The highest BCUT2D eigenvalue weighted by Crippen LogP contribution is 2.05. The van der Waals surface area contributed by atoms with Gasteiger partial charge in [-0.3, -0.25) is 4.79 Å². The molecule has 88 valence electrons. The highest BCUT2D eigenvalue weighted by molar-refractivity contribution is 7.94. The van der Waals surface area contributed by atoms with Crippen molar-refractivity contribution in [2.45, 2.75) is 12.6 Å². The number of ether oxygens (including phenoxy) is 1. The maximum absolute atomic E-state index is 11.4. The molecule has 2 N–H and O–H groups in total. The van der Waals surface area contributed by atoms with E-state index in [2.05, 4.69) is 0 Å². The molecular weight excluding hydrogens is 226 g/mol. The Balaban J connectivity index is 2.29. The van der Waals surface area contributed by atoms with Gasteiger partial charge in [0.2, 0.25) is 0 Å². The lowest BCUT2D eigenvalue weighted by atomic mass is 10.2. The van der Waals surface area contributed by atoms with E-state index in [9.17, 15) is 4.79 Å². The second kappa shape index (κ2) is 7.27. The lowest BCUT2D eigenvalue weighted by molar-refractivity contribution is -0.145. The zero-order chi connectivity index (χ0) is 11.8. The number of hydrogen-bond acceptors (Lipinski definition) is 5. The van der Waals surface area contributed by atoms with Crippen LogP contribution in [0.3, 0.4) is 0 Å². The van der Waals surface area contributed by atoms with Crippen molar-refractivity contribution in [2.24, 2.45) is 5.73 Å². The predicted molar refractivity (Wildman–Crippen MR) is 63.7 cm³/mol. The summed E-state index contributed by atoms with van der Waals surface area (Å²) in [6, 6.07) is 8.83. The van der Waals surface area contributed by atoms with E-state index in [1.54, 1.807) is 0 Å². The molecule has 0 spiro atoms. The minimum atomic E-state index is -0.645. The first-order valence-corrected chi connectivity index (χ1v) is 5.77. The average Bonchev–Trinajstić information content (AvgIpc) is 2.34. The van der Waals surface area contributed by atoms with Crippen molar-refractivity contribution in [3.63, 3.8) is 0 Å². The third-order valence-electron chi connectivity index (χ3n) is 1.89. The van der Waals surface area contributed by atoms with E-state index in [4.69, 9.17) is 14.7 Å². The van der Waals surface area contributed by atoms with Crippen molar-refractivity contribution in [2.75, 3.05) is 12.9 Å². The summed E-state index contributed by atoms with van der Waals surface area (Å²) in [5.41, 5.74) is 6.54. The quantitative estimate of drug-likeness (QED) is 0.601. The van der Waals surface area contributed by atoms with Crippen LogP contribution in [0.1, 0.15) is 5.56 Å². The van der Waals surface area contributed by atoms with E-state index in [1.165, 1.54) is 7.11 Å². The van der Waals surface area contributed by atoms with E-state index in [1.807, 2.05) is 30.3 Å². The third kappa shape index (κ3) is 4.65. The molecule has 0 bridgehead atoms. The van der Waals surface area contributed by atoms with Crippen molar-refractivity contribution in [1.29, 1.82) is 0 Å². The van der Waals surface area contributed by atoms with Crippen LogP contribution in [0.25, 0.3) is 0 Å². The molecule has 4 nitrogen and oxygen atoms in total. The lowest BCUT2D eigenvalue weighted by Crippen LogP contribution is -2.34. The zero-order valence-electron chi connectivity index (χ0n) is 9.09. The smallest absolute Gasteiger partial charge is 0.324 e. The SMILES string of the molecule is COSC[C@H](N)C(=O)OCc1ccccc1. The summed E-state index contributed by atoms with van der Waals surface area (Å²) < 4.78 is 9.81. The first-order valence-electron chi connectivity index (χ1n) is 4.86. The molecule has 0 aromatic heterocycles. The number of carbonyl (C=O) groups is 1. The summed E-state index contributed by atoms with van der Waals surface area (Å²) in [7, 11) is 1.53. The molecule has 0 aliphatic carbocycles. The molecule has 0 radical (unpaired) electrons. The predicted octanol–water partition coefficient (Wildman–Crippen LogP) is 1.35. The molecule has 16 heavy (non-hydrogen) atoms. The van der Waals surface area contributed by atoms with Gasteiger partial charge in [-0.05, 0) is 17.6 Å². The summed E-state index contributed by atoms with van der Waals surface area (Å²) in [5.74, 6) is -0.0159. The van der Waals surface area contributed by atoms with Crippen LogP contribution < -0.4 is 5.73 Å². The molecule has 1 atom stereocenters. The Morgan fingerprint density at radius 1 is 1.44 bits per heavy atom. The average molecular weight is 241 g/mol. The largest absolute Gasteiger partial charge is 0.460 e. The Morgan fingerprint density at radius 2 is 2.12 bits per heavy atom. The Labute approximate surface area is 99.3 Å². The van der Waals surface area contributed by atoms with Gasteiger partial charge in [0.25, 0.3) is 0 Å². The third-order valence-corrected chi connectivity index (χ3v) is 2.62. The summed E-state index contributed by atoms with van der Waals surface area (Å²) in [5, 5.41) is 0. The van der Waals surface area contributed by atoms with E-state index in [0.29, 0.717) is 5.75 Å². The zero-order valence-corrected chi connectivity index (χ0v) is 9.91. The van der Waals surface area contributed by atoms with Gasteiger partial charge in [-0.15, -0.1) is 0 Å². The molecule has 1 aromatic carbocycles. The first kappa shape index (κ1) is 13.0. The monoisotopic (exact) mass is 241 g/mol. The summed E-state index contributed by atoms with van der Waals surface area (Å²) in [6.07, 6.45) is 0. The summed E-state index contributed by atoms with van der Waals surface area (Å²) in [6.45, 7) is 0.255. The fourth-order valence-corrected chi connectivity index (χ4v) is 1.46. The lowest BCUT2D eigenvalue weighted by Gasteiger charge is -2.10. The van der Waals surface area contributed by atoms with Gasteiger partial charge in [-0.25, -0.2) is 0 Å². The van der Waals surface area contributed by atoms with E-state index < -0.39 is 12.0 Å². The number of esters is 1. The molecular formula is C11H15NO3S. The van der Waals surface area contributed by atoms with Gasteiger partial charge < -0.3 is 14.7 Å². The molecule has 0 fully saturated rings. The molecule has 0 unspecified atom stereocenters. The summed E-state index contributed by atoms with van der Waals surface area (Å²) >= 11 is 1.14. The number of carbonyl (C=O) groups excluding carboxylic acids is 1. The van der Waals surface area contributed by atoms with Gasteiger partial charge in [-0.1, -0.05) is 30.3 Å². The molecule has 0 aliphatic heterocycles. The van der Waals surface area contributed by atoms with Crippen LogP contribution in [-0.4, -0.2) is 24.9 Å². The van der Waals surface area contributed by atoms with Crippen molar-refractivity contribution in [3.8, 4) is 0 Å². The fourth-order valence-electron chi connectivity index (χ4n) is 1.05. The minimum absolute atomic E-state index is 0.255. The van der Waals surface area contributed by atoms with Crippen molar-refractivity contribution in [3.05, 3.63) is 35.9 Å². The van der Waals surface area contributed by atoms with Crippen molar-refractivity contribution >= 4 is 18.0 Å². The molecule has 1 aromatic rings. The normalized spacial score (nSPS) is 12.1. The van der Waals surface area contributed by atoms with E-state index >= 15 is 0 Å². The molecule has 1 rings (SSSR count). The molecule has 0 amide bonds. The van der Waals surface area contributed by atoms with Crippen LogP contribution in [0.5, 0.6) is 0 Å². The fraction of sp³-hybridized carbons (Fsp3) is 0.364. The Morgan fingerprint density at radius 3 is 2.75 bits per heavy atom. The molecule has 0 saturated heterocycles. The topological polar surface area (TPSA) is 61.5 Å². The van der Waals surface area contributed by atoms with Gasteiger partial charge in [0.05, 0.1) is 7.11 Å².